The summed E-state index contributed by atoms with van der Waals surface area (Å²) in [5.74, 6) is -0.128. The van der Waals surface area contributed by atoms with E-state index in [1.165, 1.54) is 19.2 Å². The van der Waals surface area contributed by atoms with Crippen molar-refractivity contribution in [1.82, 2.24) is 19.4 Å². The molecule has 18 heteroatoms. The van der Waals surface area contributed by atoms with Crippen LogP contribution in [-0.2, 0) is 65.5 Å². The number of aliphatic carboxylic acids is 1. The number of carboxylic acid groups (broad SMARTS) is 1. The van der Waals surface area contributed by atoms with Gasteiger partial charge in [0.25, 0.3) is 0 Å². The van der Waals surface area contributed by atoms with Crippen LogP contribution in [0.4, 0.5) is 26.3 Å². The summed E-state index contributed by atoms with van der Waals surface area (Å²) in [5, 5.41) is 17.3. The molecule has 1 N–H and O–H groups in total. The van der Waals surface area contributed by atoms with E-state index in [2.05, 4.69) is 19.4 Å². The van der Waals surface area contributed by atoms with Crippen molar-refractivity contribution >= 4 is 55.7 Å². The van der Waals surface area contributed by atoms with Gasteiger partial charge < -0.3 is 37.5 Å². The van der Waals surface area contributed by atoms with Crippen LogP contribution in [-0.4, -0.2) is 56.8 Å². The van der Waals surface area contributed by atoms with Crippen molar-refractivity contribution in [2.45, 2.75) is 98.1 Å². The van der Waals surface area contributed by atoms with Gasteiger partial charge in [0.15, 0.2) is 22.6 Å². The summed E-state index contributed by atoms with van der Waals surface area (Å²) in [6.07, 6.45) is -1.17. The number of hydrogen-bond donors (Lipinski definition) is 1. The molecule has 8 rings (SSSR count). The minimum absolute atomic E-state index is 0. The van der Waals surface area contributed by atoms with E-state index in [9.17, 15) is 35.9 Å². The lowest BCUT2D eigenvalue weighted by molar-refractivity contribution is -0.142. The maximum absolute atomic E-state index is 13.2. The summed E-state index contributed by atoms with van der Waals surface area (Å²) in [4.78, 5) is 22.4. The lowest BCUT2D eigenvalue weighted by atomic mass is 10.0. The normalized spacial score (nSPS) is 11.8. The number of halogens is 6. The lowest BCUT2D eigenvalue weighted by Crippen LogP contribution is -2.07. The molecule has 0 amide bonds. The summed E-state index contributed by atoms with van der Waals surface area (Å²) in [6.45, 7) is 6.02. The van der Waals surface area contributed by atoms with E-state index in [-0.39, 0.29) is 48.2 Å². The Morgan fingerprint density at radius 2 is 1.09 bits per heavy atom. The molecule has 0 saturated carbocycles. The Bertz CT molecular complexity index is 3000. The zero-order valence-electron chi connectivity index (χ0n) is 36.9. The van der Waals surface area contributed by atoms with Gasteiger partial charge in [0.1, 0.15) is 11.5 Å². The molecule has 0 bridgehead atoms. The van der Waals surface area contributed by atoms with Crippen LogP contribution in [0.1, 0.15) is 80.6 Å². The van der Waals surface area contributed by atoms with Crippen molar-refractivity contribution < 1.29 is 64.3 Å². The number of fused-ring (bicyclic) bond motifs is 4. The first-order valence-corrected chi connectivity index (χ1v) is 21.8. The third-order valence-corrected chi connectivity index (χ3v) is 11.1. The van der Waals surface area contributed by atoms with E-state index >= 15 is 0 Å². The van der Waals surface area contributed by atoms with Crippen molar-refractivity contribution in [3.8, 4) is 11.5 Å². The molecule has 0 radical (unpaired) electrons. The molecule has 0 spiro atoms. The van der Waals surface area contributed by atoms with Gasteiger partial charge in [0.05, 0.1) is 43.9 Å². The second-order valence-corrected chi connectivity index (χ2v) is 15.9. The van der Waals surface area contributed by atoms with E-state index in [1.807, 2.05) is 74.8 Å². The highest BCUT2D eigenvalue weighted by Crippen LogP contribution is 2.40. The monoisotopic (exact) mass is 950 g/mol. The number of methoxy groups -OCH3 is 1. The number of alkyl halides is 6. The Morgan fingerprint density at radius 3 is 1.49 bits per heavy atom. The van der Waals surface area contributed by atoms with Gasteiger partial charge in [0, 0.05) is 47.6 Å². The van der Waals surface area contributed by atoms with Gasteiger partial charge in [-0.15, -0.1) is 0 Å². The Kier molecular flexibility index (Phi) is 16.1. The molecule has 362 valence electrons. The topological polar surface area (TPSA) is 144 Å². The molecule has 8 aromatic rings. The summed E-state index contributed by atoms with van der Waals surface area (Å²) in [6, 6.07) is 21.2. The number of rotatable bonds is 18. The van der Waals surface area contributed by atoms with Crippen LogP contribution in [0.5, 0.6) is 11.5 Å². The van der Waals surface area contributed by atoms with E-state index in [4.69, 9.17) is 28.4 Å². The molecule has 68 heavy (non-hydrogen) atoms. The molecule has 12 nitrogen and oxygen atoms in total. The van der Waals surface area contributed by atoms with Crippen molar-refractivity contribution in [3.05, 3.63) is 119 Å². The first kappa shape index (κ1) is 50.4. The number of carbonyl (C=O) groups is 2. The molecule has 4 heterocycles. The predicted octanol–water partition coefficient (Wildman–Crippen LogP) is 12.4. The quantitative estimate of drug-likeness (QED) is 0.0501. The highest BCUT2D eigenvalue weighted by atomic mass is 19.4. The molecule has 0 fully saturated rings. The average Bonchev–Trinajstić information content (AvgIpc) is 4.10. The largest absolute Gasteiger partial charge is 0.493 e. The second kappa shape index (κ2) is 21.8. The third-order valence-electron chi connectivity index (χ3n) is 11.1. The van der Waals surface area contributed by atoms with Gasteiger partial charge in [0.2, 0.25) is 0 Å². The number of hydrogen-bond acceptors (Lipinski definition) is 9. The molecule has 4 aromatic carbocycles. The number of carboxylic acids is 1. The Hall–Kier alpha value is -6.98. The minimum Gasteiger partial charge on any atom is -0.493 e. The van der Waals surface area contributed by atoms with Crippen LogP contribution in [0.3, 0.4) is 0 Å². The molecule has 0 saturated heterocycles. The standard InChI is InChI=1S/C25H25F3N2O4.C24H23F3N2O4.CH4/c1-3-5-18-21(9-7-19-23(18)34-29-24(19)25(26,27)28)33-13-4-11-30-12-10-17-14-16(6-8-20(17)30)15-22(31)32-2;1-2-4-17-20(8-6-18-22(17)33-28-23(18)24(25,26)27)32-12-3-10-29-11-9-16-13-15(14-21(30)31)5-7-19(16)29;/h6-10,12,14H,3-5,11,13,15H2,1-2H3;5-9,11,13H,2-4,10,12,14H2,1H3,(H,30,31);1H4. The van der Waals surface area contributed by atoms with Gasteiger partial charge in [-0.05, 0) is 108 Å². The summed E-state index contributed by atoms with van der Waals surface area (Å²) in [5.41, 5.74) is 3.09. The lowest BCUT2D eigenvalue weighted by Gasteiger charge is -2.12. The molecule has 4 aromatic heterocycles. The Labute approximate surface area is 387 Å². The fourth-order valence-corrected chi connectivity index (χ4v) is 8.09. The summed E-state index contributed by atoms with van der Waals surface area (Å²) in [7, 11) is 1.37. The third kappa shape index (κ3) is 11.6. The molecular formula is C50H52F6N4O8. The van der Waals surface area contributed by atoms with Gasteiger partial charge in [-0.25, -0.2) is 0 Å². The van der Waals surface area contributed by atoms with Crippen LogP contribution in [0, 0.1) is 0 Å². The Morgan fingerprint density at radius 1 is 0.647 bits per heavy atom. The number of aromatic nitrogens is 4. The highest BCUT2D eigenvalue weighted by Gasteiger charge is 2.39. The van der Waals surface area contributed by atoms with Gasteiger partial charge in [-0.3, -0.25) is 9.59 Å². The first-order chi connectivity index (χ1) is 32.1. The number of esters is 1. The van der Waals surface area contributed by atoms with Crippen molar-refractivity contribution in [2.75, 3.05) is 20.3 Å². The second-order valence-electron chi connectivity index (χ2n) is 15.9. The van der Waals surface area contributed by atoms with Crippen LogP contribution >= 0.6 is 0 Å². The van der Waals surface area contributed by atoms with Crippen molar-refractivity contribution in [1.29, 1.82) is 0 Å². The van der Waals surface area contributed by atoms with Crippen molar-refractivity contribution in [3.63, 3.8) is 0 Å². The van der Waals surface area contributed by atoms with Crippen LogP contribution in [0.2, 0.25) is 0 Å². The van der Waals surface area contributed by atoms with Gasteiger partial charge in [-0.2, -0.15) is 26.3 Å². The minimum atomic E-state index is -4.58. The van der Waals surface area contributed by atoms with Gasteiger partial charge in [-0.1, -0.05) is 56.6 Å². The van der Waals surface area contributed by atoms with E-state index in [1.54, 1.807) is 12.1 Å². The zero-order valence-corrected chi connectivity index (χ0v) is 36.9. The average molecular weight is 951 g/mol. The SMILES string of the molecule is C.CCCc1c(OCCCn2ccc3cc(CC(=O)O)ccc32)ccc2c(C(F)(F)F)noc12.CCCc1c(OCCCn2ccc3cc(CC(=O)OC)ccc32)ccc2c(C(F)(F)F)noc12. The maximum atomic E-state index is 13.2. The van der Waals surface area contributed by atoms with Crippen LogP contribution < -0.4 is 9.47 Å². The van der Waals surface area contributed by atoms with Crippen LogP contribution in [0.15, 0.2) is 94.2 Å². The molecule has 0 aliphatic heterocycles. The number of aryl methyl sites for hydroxylation is 4. The molecule has 0 atom stereocenters. The number of benzene rings is 4. The molecular weight excluding hydrogens is 899 g/mol. The molecule has 0 unspecified atom stereocenters. The highest BCUT2D eigenvalue weighted by molar-refractivity contribution is 5.87. The van der Waals surface area contributed by atoms with E-state index in [0.29, 0.717) is 74.6 Å². The number of carbonyl (C=O) groups excluding carboxylic acids is 1. The van der Waals surface area contributed by atoms with Crippen LogP contribution in [0.25, 0.3) is 43.7 Å². The van der Waals surface area contributed by atoms with Crippen molar-refractivity contribution in [2.24, 2.45) is 0 Å². The fourth-order valence-electron chi connectivity index (χ4n) is 8.09. The zero-order chi connectivity index (χ0) is 47.9. The predicted molar refractivity (Wildman–Crippen MR) is 244 cm³/mol. The smallest absolute Gasteiger partial charge is 0.437 e. The summed E-state index contributed by atoms with van der Waals surface area (Å²) >= 11 is 0. The Balaban J connectivity index is 0.000000221. The maximum Gasteiger partial charge on any atom is 0.437 e. The molecule has 0 aliphatic carbocycles. The van der Waals surface area contributed by atoms with E-state index < -0.39 is 29.7 Å². The number of nitrogens with zero attached hydrogens (tertiary/aromatic N) is 4. The summed E-state index contributed by atoms with van der Waals surface area (Å²) < 4.78 is 110. The first-order valence-electron chi connectivity index (χ1n) is 21.8. The number of ether oxygens (including phenoxy) is 3. The fraction of sp³-hybridized carbons (Fsp3) is 0.360. The van der Waals surface area contributed by atoms with Gasteiger partial charge >= 0.3 is 24.3 Å². The van der Waals surface area contributed by atoms with E-state index in [0.717, 1.165) is 45.8 Å². The molecule has 0 aliphatic rings.